The molecule has 0 radical (unpaired) electrons. The highest BCUT2D eigenvalue weighted by molar-refractivity contribution is 7.18. The maximum absolute atomic E-state index is 13.6. The van der Waals surface area contributed by atoms with Crippen LogP contribution >= 0.6 is 11.3 Å². The molecule has 5 heteroatoms. The number of nitrogens with zero attached hydrogens (tertiary/aromatic N) is 1. The van der Waals surface area contributed by atoms with E-state index in [1.165, 1.54) is 11.3 Å². The van der Waals surface area contributed by atoms with Crippen LogP contribution in [0.15, 0.2) is 36.4 Å². The van der Waals surface area contributed by atoms with Gasteiger partial charge in [0, 0.05) is 16.3 Å². The summed E-state index contributed by atoms with van der Waals surface area (Å²) in [5.41, 5.74) is 1.06. The van der Waals surface area contributed by atoms with E-state index in [0.717, 1.165) is 36.1 Å². The maximum Gasteiger partial charge on any atom is 0.348 e. The van der Waals surface area contributed by atoms with Crippen molar-refractivity contribution in [1.29, 1.82) is 0 Å². The van der Waals surface area contributed by atoms with Crippen LogP contribution in [0.25, 0.3) is 10.4 Å². The van der Waals surface area contributed by atoms with Gasteiger partial charge in [0.05, 0.1) is 5.69 Å². The average Bonchev–Trinajstić information content (AvgIpc) is 3.10. The zero-order valence-corrected chi connectivity index (χ0v) is 17.9. The standard InChI is InChI=1S/C23H29NO3S/c1-15(2)24(22(27)23(4)12-10-16(3)11-13-23)18-14-19(28-20(18)21(25)26)17-8-6-5-7-9-17/h5-9,14-16H,10-13H2,1-4H3,(H,25,26)/t16-,23-. The lowest BCUT2D eigenvalue weighted by molar-refractivity contribution is -0.129. The first-order valence-corrected chi connectivity index (χ1v) is 10.8. The van der Waals surface area contributed by atoms with Gasteiger partial charge in [0.2, 0.25) is 5.91 Å². The number of carboxylic acid groups (broad SMARTS) is 1. The van der Waals surface area contributed by atoms with E-state index >= 15 is 0 Å². The van der Waals surface area contributed by atoms with Gasteiger partial charge in [0.1, 0.15) is 4.88 Å². The van der Waals surface area contributed by atoms with Crippen molar-refractivity contribution in [3.05, 3.63) is 41.3 Å². The van der Waals surface area contributed by atoms with Crippen LogP contribution in [0.4, 0.5) is 5.69 Å². The number of anilines is 1. The molecule has 1 aliphatic rings. The minimum Gasteiger partial charge on any atom is -0.477 e. The third-order valence-corrected chi connectivity index (χ3v) is 7.02. The molecular formula is C23H29NO3S. The topological polar surface area (TPSA) is 57.6 Å². The van der Waals surface area contributed by atoms with Crippen molar-refractivity contribution in [3.63, 3.8) is 0 Å². The minimum atomic E-state index is -0.983. The number of hydrogen-bond donors (Lipinski definition) is 1. The Morgan fingerprint density at radius 1 is 1.18 bits per heavy atom. The zero-order valence-electron chi connectivity index (χ0n) is 17.1. The summed E-state index contributed by atoms with van der Waals surface area (Å²) in [7, 11) is 0. The number of hydrogen-bond acceptors (Lipinski definition) is 3. The summed E-state index contributed by atoms with van der Waals surface area (Å²) < 4.78 is 0. The van der Waals surface area contributed by atoms with E-state index in [0.29, 0.717) is 11.6 Å². The van der Waals surface area contributed by atoms with E-state index in [1.54, 1.807) is 4.90 Å². The molecule has 3 rings (SSSR count). The average molecular weight is 400 g/mol. The number of aromatic carboxylic acids is 1. The van der Waals surface area contributed by atoms with Crippen LogP contribution in [0.2, 0.25) is 0 Å². The van der Waals surface area contributed by atoms with Gasteiger partial charge in [0.25, 0.3) is 0 Å². The van der Waals surface area contributed by atoms with Gasteiger partial charge in [-0.1, -0.05) is 44.2 Å². The molecule has 1 aromatic carbocycles. The molecule has 0 spiro atoms. The lowest BCUT2D eigenvalue weighted by Gasteiger charge is -2.40. The second-order valence-corrected chi connectivity index (χ2v) is 9.56. The van der Waals surface area contributed by atoms with Gasteiger partial charge < -0.3 is 10.0 Å². The summed E-state index contributed by atoms with van der Waals surface area (Å²) in [5, 5.41) is 9.82. The van der Waals surface area contributed by atoms with Crippen LogP contribution in [0, 0.1) is 11.3 Å². The van der Waals surface area contributed by atoms with E-state index in [4.69, 9.17) is 0 Å². The Morgan fingerprint density at radius 2 is 1.79 bits per heavy atom. The van der Waals surface area contributed by atoms with E-state index in [-0.39, 0.29) is 16.8 Å². The third kappa shape index (κ3) is 4.00. The first-order valence-electron chi connectivity index (χ1n) is 9.99. The molecule has 1 aliphatic carbocycles. The van der Waals surface area contributed by atoms with Crippen LogP contribution in [0.1, 0.15) is 63.0 Å². The van der Waals surface area contributed by atoms with Crippen molar-refractivity contribution >= 4 is 28.9 Å². The predicted molar refractivity (Wildman–Crippen MR) is 115 cm³/mol. The van der Waals surface area contributed by atoms with Crippen molar-refractivity contribution in [1.82, 2.24) is 0 Å². The number of rotatable bonds is 5. The molecule has 1 N–H and O–H groups in total. The molecule has 2 aromatic rings. The van der Waals surface area contributed by atoms with E-state index < -0.39 is 11.4 Å². The molecule has 28 heavy (non-hydrogen) atoms. The lowest BCUT2D eigenvalue weighted by atomic mass is 9.71. The second-order valence-electron chi connectivity index (χ2n) is 8.51. The van der Waals surface area contributed by atoms with Gasteiger partial charge in [0.15, 0.2) is 0 Å². The molecule has 1 amide bonds. The Labute approximate surface area is 171 Å². The highest BCUT2D eigenvalue weighted by Crippen LogP contribution is 2.44. The first-order chi connectivity index (χ1) is 13.2. The Morgan fingerprint density at radius 3 is 2.32 bits per heavy atom. The van der Waals surface area contributed by atoms with E-state index in [1.807, 2.05) is 57.2 Å². The number of carbonyl (C=O) groups is 2. The highest BCUT2D eigenvalue weighted by Gasteiger charge is 2.41. The molecule has 0 atom stereocenters. The summed E-state index contributed by atoms with van der Waals surface area (Å²) in [5.74, 6) is -0.286. The van der Waals surface area contributed by atoms with Crippen molar-refractivity contribution in [2.45, 2.75) is 59.4 Å². The first kappa shape index (κ1) is 20.6. The predicted octanol–water partition coefficient (Wildman–Crippen LogP) is 6.07. The van der Waals surface area contributed by atoms with Gasteiger partial charge >= 0.3 is 5.97 Å². The van der Waals surface area contributed by atoms with Crippen molar-refractivity contribution in [3.8, 4) is 10.4 Å². The maximum atomic E-state index is 13.6. The van der Waals surface area contributed by atoms with Crippen LogP contribution in [0.3, 0.4) is 0 Å². The van der Waals surface area contributed by atoms with Gasteiger partial charge in [-0.3, -0.25) is 4.79 Å². The fourth-order valence-electron chi connectivity index (χ4n) is 3.98. The normalized spacial score (nSPS) is 22.2. The van der Waals surface area contributed by atoms with Crippen molar-refractivity contribution in [2.75, 3.05) is 4.90 Å². The molecule has 0 bridgehead atoms. The highest BCUT2D eigenvalue weighted by atomic mass is 32.1. The summed E-state index contributed by atoms with van der Waals surface area (Å²) in [6.45, 7) is 8.19. The summed E-state index contributed by atoms with van der Waals surface area (Å²) >= 11 is 1.24. The minimum absolute atomic E-state index is 0.0503. The third-order valence-electron chi connectivity index (χ3n) is 5.85. The second kappa shape index (κ2) is 8.08. The summed E-state index contributed by atoms with van der Waals surface area (Å²) in [4.78, 5) is 28.4. The fraction of sp³-hybridized carbons (Fsp3) is 0.478. The van der Waals surface area contributed by atoms with Gasteiger partial charge in [-0.2, -0.15) is 0 Å². The Kier molecular flexibility index (Phi) is 5.94. The van der Waals surface area contributed by atoms with Crippen LogP contribution in [-0.4, -0.2) is 23.0 Å². The number of amides is 1. The molecule has 1 fully saturated rings. The van der Waals surface area contributed by atoms with E-state index in [2.05, 4.69) is 6.92 Å². The van der Waals surface area contributed by atoms with Crippen LogP contribution in [-0.2, 0) is 4.79 Å². The molecule has 150 valence electrons. The Hall–Kier alpha value is -2.14. The van der Waals surface area contributed by atoms with Crippen molar-refractivity contribution < 1.29 is 14.7 Å². The SMILES string of the molecule is CC(C)N(c1cc(-c2ccccc2)sc1C(=O)O)C(=O)[C@]1(C)CC[C@@H](C)CC1. The molecule has 0 unspecified atom stereocenters. The van der Waals surface area contributed by atoms with Gasteiger partial charge in [-0.05, 0) is 57.1 Å². The van der Waals surface area contributed by atoms with Gasteiger partial charge in [-0.25, -0.2) is 4.79 Å². The monoisotopic (exact) mass is 399 g/mol. The molecule has 1 aromatic heterocycles. The molecular weight excluding hydrogens is 370 g/mol. The molecule has 4 nitrogen and oxygen atoms in total. The molecule has 1 heterocycles. The van der Waals surface area contributed by atoms with E-state index in [9.17, 15) is 14.7 Å². The quantitative estimate of drug-likeness (QED) is 0.664. The van der Waals surface area contributed by atoms with Crippen LogP contribution in [0.5, 0.6) is 0 Å². The Balaban J connectivity index is 2.03. The number of thiophene rings is 1. The largest absolute Gasteiger partial charge is 0.477 e. The fourth-order valence-corrected chi connectivity index (χ4v) is 4.98. The number of carbonyl (C=O) groups excluding carboxylic acids is 1. The molecule has 0 saturated heterocycles. The number of benzene rings is 1. The van der Waals surface area contributed by atoms with Crippen molar-refractivity contribution in [2.24, 2.45) is 11.3 Å². The summed E-state index contributed by atoms with van der Waals surface area (Å²) in [6, 6.07) is 11.5. The molecule has 1 saturated carbocycles. The summed E-state index contributed by atoms with van der Waals surface area (Å²) in [6.07, 6.45) is 3.79. The number of carboxylic acids is 1. The lowest BCUT2D eigenvalue weighted by Crippen LogP contribution is -2.47. The van der Waals surface area contributed by atoms with Crippen LogP contribution < -0.4 is 4.90 Å². The van der Waals surface area contributed by atoms with Gasteiger partial charge in [-0.15, -0.1) is 11.3 Å². The smallest absolute Gasteiger partial charge is 0.348 e. The zero-order chi connectivity index (χ0) is 20.5. The Bertz CT molecular complexity index is 848. The molecule has 0 aliphatic heterocycles.